The molecule has 1 unspecified atom stereocenters. The summed E-state index contributed by atoms with van der Waals surface area (Å²) in [5.74, 6) is 0.868. The molecule has 2 heterocycles. The van der Waals surface area contributed by atoms with Gasteiger partial charge in [-0.15, -0.1) is 0 Å². The molecule has 0 saturated carbocycles. The van der Waals surface area contributed by atoms with Crippen molar-refractivity contribution in [2.24, 2.45) is 11.7 Å². The lowest BCUT2D eigenvalue weighted by Crippen LogP contribution is -2.28. The van der Waals surface area contributed by atoms with Gasteiger partial charge in [0.05, 0.1) is 6.54 Å². The van der Waals surface area contributed by atoms with Crippen LogP contribution < -0.4 is 5.73 Å². The molecule has 2 N–H and O–H groups in total. The standard InChI is InChI=1S/C10H15BrN2O3S/c1-7-2-3-13(6-7)17(14,15)9-4-8(5-12)16-10(9)11/h4,7H,2-3,5-6,12H2,1H3. The molecule has 0 amide bonds. The van der Waals surface area contributed by atoms with Crippen molar-refractivity contribution in [3.8, 4) is 0 Å². The topological polar surface area (TPSA) is 76.5 Å². The predicted octanol–water partition coefficient (Wildman–Crippen LogP) is 1.53. The summed E-state index contributed by atoms with van der Waals surface area (Å²) >= 11 is 3.13. The summed E-state index contributed by atoms with van der Waals surface area (Å²) in [6, 6.07) is 1.49. The van der Waals surface area contributed by atoms with Crippen LogP contribution >= 0.6 is 15.9 Å². The van der Waals surface area contributed by atoms with Crippen molar-refractivity contribution in [2.75, 3.05) is 13.1 Å². The van der Waals surface area contributed by atoms with Gasteiger partial charge >= 0.3 is 0 Å². The minimum absolute atomic E-state index is 0.173. The van der Waals surface area contributed by atoms with E-state index < -0.39 is 10.0 Å². The number of halogens is 1. The fraction of sp³-hybridized carbons (Fsp3) is 0.600. The number of nitrogens with zero attached hydrogens (tertiary/aromatic N) is 1. The van der Waals surface area contributed by atoms with Crippen molar-refractivity contribution in [2.45, 2.75) is 24.8 Å². The van der Waals surface area contributed by atoms with Gasteiger partial charge in [0.2, 0.25) is 10.0 Å². The molecule has 0 aliphatic carbocycles. The summed E-state index contributed by atoms with van der Waals surface area (Å²) in [4.78, 5) is 0.173. The lowest BCUT2D eigenvalue weighted by atomic mass is 10.2. The van der Waals surface area contributed by atoms with Crippen LogP contribution in [0.3, 0.4) is 0 Å². The molecule has 1 aliphatic rings. The number of nitrogens with two attached hydrogens (primary N) is 1. The van der Waals surface area contributed by atoms with E-state index in [1.165, 1.54) is 10.4 Å². The summed E-state index contributed by atoms with van der Waals surface area (Å²) in [6.07, 6.45) is 0.901. The van der Waals surface area contributed by atoms with Crippen molar-refractivity contribution in [1.29, 1.82) is 0 Å². The molecule has 1 fully saturated rings. The Balaban J connectivity index is 2.34. The predicted molar refractivity (Wildman–Crippen MR) is 66.8 cm³/mol. The Morgan fingerprint density at radius 2 is 2.35 bits per heavy atom. The summed E-state index contributed by atoms with van der Waals surface area (Å²) in [6.45, 7) is 3.37. The van der Waals surface area contributed by atoms with Crippen LogP contribution in [0.5, 0.6) is 0 Å². The van der Waals surface area contributed by atoms with Gasteiger partial charge in [0, 0.05) is 19.2 Å². The van der Waals surface area contributed by atoms with Crippen LogP contribution in [0.4, 0.5) is 0 Å². The summed E-state index contributed by atoms with van der Waals surface area (Å²) in [7, 11) is -3.45. The Labute approximate surface area is 109 Å². The molecule has 1 aliphatic heterocycles. The lowest BCUT2D eigenvalue weighted by molar-refractivity contribution is 0.456. The van der Waals surface area contributed by atoms with Gasteiger partial charge in [0.15, 0.2) is 4.67 Å². The van der Waals surface area contributed by atoms with Crippen LogP contribution in [0.25, 0.3) is 0 Å². The first-order valence-corrected chi connectivity index (χ1v) is 7.67. The highest BCUT2D eigenvalue weighted by Gasteiger charge is 2.33. The number of furan rings is 1. The van der Waals surface area contributed by atoms with Gasteiger partial charge in [-0.1, -0.05) is 6.92 Å². The maximum absolute atomic E-state index is 12.3. The Hall–Kier alpha value is -0.370. The van der Waals surface area contributed by atoms with Crippen LogP contribution in [0.2, 0.25) is 0 Å². The first-order chi connectivity index (χ1) is 7.95. The molecule has 0 aromatic carbocycles. The molecule has 1 atom stereocenters. The highest BCUT2D eigenvalue weighted by Crippen LogP contribution is 2.31. The fourth-order valence-electron chi connectivity index (χ4n) is 1.93. The number of sulfonamides is 1. The molecular weight excluding hydrogens is 308 g/mol. The van der Waals surface area contributed by atoms with E-state index >= 15 is 0 Å². The van der Waals surface area contributed by atoms with Gasteiger partial charge in [-0.25, -0.2) is 8.42 Å². The van der Waals surface area contributed by atoms with Gasteiger partial charge in [-0.05, 0) is 28.3 Å². The second-order valence-electron chi connectivity index (χ2n) is 4.31. The average Bonchev–Trinajstić information content (AvgIpc) is 2.85. The Morgan fingerprint density at radius 1 is 1.65 bits per heavy atom. The number of hydrogen-bond acceptors (Lipinski definition) is 4. The molecule has 2 rings (SSSR count). The molecule has 0 radical (unpaired) electrons. The molecule has 1 aromatic heterocycles. The van der Waals surface area contributed by atoms with Crippen LogP contribution in [0, 0.1) is 5.92 Å². The smallest absolute Gasteiger partial charge is 0.247 e. The zero-order valence-corrected chi connectivity index (χ0v) is 11.9. The third-order valence-corrected chi connectivity index (χ3v) is 5.63. The van der Waals surface area contributed by atoms with Gasteiger partial charge < -0.3 is 10.2 Å². The van der Waals surface area contributed by atoms with Crippen LogP contribution in [-0.2, 0) is 16.6 Å². The van der Waals surface area contributed by atoms with E-state index in [1.54, 1.807) is 0 Å². The van der Waals surface area contributed by atoms with Crippen molar-refractivity contribution < 1.29 is 12.8 Å². The third-order valence-electron chi connectivity index (χ3n) is 2.91. The minimum atomic E-state index is -3.45. The van der Waals surface area contributed by atoms with E-state index in [2.05, 4.69) is 15.9 Å². The first-order valence-electron chi connectivity index (χ1n) is 5.43. The zero-order chi connectivity index (χ0) is 12.6. The maximum atomic E-state index is 12.3. The Morgan fingerprint density at radius 3 is 2.82 bits per heavy atom. The number of rotatable bonds is 3. The molecule has 5 nitrogen and oxygen atoms in total. The Bertz CT molecular complexity index is 512. The molecular formula is C10H15BrN2O3S. The van der Waals surface area contributed by atoms with Crippen molar-refractivity contribution in [3.05, 3.63) is 16.5 Å². The molecule has 96 valence electrons. The van der Waals surface area contributed by atoms with E-state index in [-0.39, 0.29) is 16.1 Å². The van der Waals surface area contributed by atoms with Crippen molar-refractivity contribution >= 4 is 26.0 Å². The van der Waals surface area contributed by atoms with Crippen LogP contribution in [-0.4, -0.2) is 25.8 Å². The Kier molecular flexibility index (Phi) is 3.63. The van der Waals surface area contributed by atoms with Crippen molar-refractivity contribution in [1.82, 2.24) is 4.31 Å². The quantitative estimate of drug-likeness (QED) is 0.915. The molecule has 17 heavy (non-hydrogen) atoms. The SMILES string of the molecule is CC1CCN(S(=O)(=O)c2cc(CN)oc2Br)C1. The highest BCUT2D eigenvalue weighted by molar-refractivity contribution is 9.10. The largest absolute Gasteiger partial charge is 0.452 e. The van der Waals surface area contributed by atoms with Crippen LogP contribution in [0.15, 0.2) is 20.0 Å². The van der Waals surface area contributed by atoms with Gasteiger partial charge in [-0.2, -0.15) is 4.31 Å². The van der Waals surface area contributed by atoms with E-state index in [1.807, 2.05) is 6.92 Å². The molecule has 1 aromatic rings. The summed E-state index contributed by atoms with van der Waals surface area (Å²) < 4.78 is 31.6. The second-order valence-corrected chi connectivity index (χ2v) is 6.94. The second kappa shape index (κ2) is 4.72. The molecule has 0 spiro atoms. The molecule has 1 saturated heterocycles. The molecule has 0 bridgehead atoms. The number of hydrogen-bond donors (Lipinski definition) is 1. The van der Waals surface area contributed by atoms with E-state index in [9.17, 15) is 8.42 Å². The lowest BCUT2D eigenvalue weighted by Gasteiger charge is -2.14. The third kappa shape index (κ3) is 2.42. The first kappa shape index (κ1) is 13.1. The summed E-state index contributed by atoms with van der Waals surface area (Å²) in [5.41, 5.74) is 5.43. The normalized spacial score (nSPS) is 22.2. The van der Waals surface area contributed by atoms with Crippen LogP contribution in [0.1, 0.15) is 19.1 Å². The van der Waals surface area contributed by atoms with E-state index in [0.717, 1.165) is 6.42 Å². The zero-order valence-electron chi connectivity index (χ0n) is 9.52. The molecule has 7 heteroatoms. The van der Waals surface area contributed by atoms with Crippen molar-refractivity contribution in [3.63, 3.8) is 0 Å². The fourth-order valence-corrected chi connectivity index (χ4v) is 4.46. The monoisotopic (exact) mass is 322 g/mol. The van der Waals surface area contributed by atoms with Gasteiger partial charge in [-0.3, -0.25) is 0 Å². The van der Waals surface area contributed by atoms with Gasteiger partial charge in [0.25, 0.3) is 0 Å². The maximum Gasteiger partial charge on any atom is 0.247 e. The van der Waals surface area contributed by atoms with Gasteiger partial charge in [0.1, 0.15) is 10.7 Å². The summed E-state index contributed by atoms with van der Waals surface area (Å²) in [5, 5.41) is 0. The minimum Gasteiger partial charge on any atom is -0.452 e. The average molecular weight is 323 g/mol. The van der Waals surface area contributed by atoms with E-state index in [4.69, 9.17) is 10.2 Å². The van der Waals surface area contributed by atoms with E-state index in [0.29, 0.717) is 24.8 Å². The highest BCUT2D eigenvalue weighted by atomic mass is 79.9.